The average Bonchev–Trinajstić information content (AvgIpc) is 2.48. The van der Waals surface area contributed by atoms with E-state index in [1.165, 1.54) is 0 Å². The molecule has 2 rings (SSSR count). The van der Waals surface area contributed by atoms with Crippen LogP contribution in [0.15, 0.2) is 48.5 Å². The van der Waals surface area contributed by atoms with E-state index in [1.807, 2.05) is 49.4 Å². The third kappa shape index (κ3) is 3.01. The molecule has 0 bridgehead atoms. The molecule has 0 aliphatic carbocycles. The van der Waals surface area contributed by atoms with Gasteiger partial charge >= 0.3 is 0 Å². The highest BCUT2D eigenvalue weighted by Gasteiger charge is 2.25. The van der Waals surface area contributed by atoms with Crippen LogP contribution in [0, 0.1) is 0 Å². The first-order valence-corrected chi connectivity index (χ1v) is 6.06. The van der Waals surface area contributed by atoms with Crippen LogP contribution in [0.2, 0.25) is 0 Å². The molecule has 0 saturated carbocycles. The van der Waals surface area contributed by atoms with Gasteiger partial charge in [-0.15, -0.1) is 0 Å². The summed E-state index contributed by atoms with van der Waals surface area (Å²) in [7, 11) is 0. The normalized spacial score (nSPS) is 13.6. The highest BCUT2D eigenvalue weighted by atomic mass is 16.3. The number of benzene rings is 1. The molecular formula is C14H18N4O. The number of aliphatic hydroxyl groups excluding tert-OH is 1. The zero-order valence-corrected chi connectivity index (χ0v) is 10.8. The van der Waals surface area contributed by atoms with E-state index in [1.54, 1.807) is 6.07 Å². The molecule has 0 saturated heterocycles. The van der Waals surface area contributed by atoms with Crippen molar-refractivity contribution >= 4 is 11.6 Å². The molecule has 0 spiro atoms. The summed E-state index contributed by atoms with van der Waals surface area (Å²) in [4.78, 5) is 4.29. The lowest BCUT2D eigenvalue weighted by atomic mass is 9.93. The number of nitrogens with two attached hydrogens (primary N) is 1. The van der Waals surface area contributed by atoms with Crippen LogP contribution in [0.4, 0.5) is 11.6 Å². The quantitative estimate of drug-likeness (QED) is 0.484. The fourth-order valence-corrected chi connectivity index (χ4v) is 1.88. The predicted molar refractivity (Wildman–Crippen MR) is 76.5 cm³/mol. The summed E-state index contributed by atoms with van der Waals surface area (Å²) in [6, 6.07) is 15.2. The molecule has 1 atom stereocenters. The van der Waals surface area contributed by atoms with Crippen LogP contribution in [0.5, 0.6) is 0 Å². The van der Waals surface area contributed by atoms with Crippen LogP contribution >= 0.6 is 0 Å². The van der Waals surface area contributed by atoms with Gasteiger partial charge in [0.15, 0.2) is 0 Å². The van der Waals surface area contributed by atoms with Crippen molar-refractivity contribution in [2.24, 2.45) is 5.84 Å². The minimum absolute atomic E-state index is 0.0427. The number of pyridine rings is 1. The monoisotopic (exact) mass is 258 g/mol. The standard InChI is InChI=1S/C14H18N4O/c1-14(10-19,11-6-3-2-4-7-11)17-12-8-5-9-13(16-12)18-15/h2-9,19H,10,15H2,1H3,(H2,16,17,18). The Morgan fingerprint density at radius 2 is 1.79 bits per heavy atom. The second-order valence-corrected chi connectivity index (χ2v) is 4.53. The fraction of sp³-hybridized carbons (Fsp3) is 0.214. The van der Waals surface area contributed by atoms with Gasteiger partial charge in [-0.3, -0.25) is 0 Å². The van der Waals surface area contributed by atoms with Crippen molar-refractivity contribution < 1.29 is 5.11 Å². The number of rotatable bonds is 5. The molecule has 1 heterocycles. The van der Waals surface area contributed by atoms with Crippen LogP contribution in [0.3, 0.4) is 0 Å². The number of nitrogens with zero attached hydrogens (tertiary/aromatic N) is 1. The number of hydrogen-bond acceptors (Lipinski definition) is 5. The first-order chi connectivity index (χ1) is 9.18. The van der Waals surface area contributed by atoms with Crippen molar-refractivity contribution in [2.75, 3.05) is 17.3 Å². The summed E-state index contributed by atoms with van der Waals surface area (Å²) in [5, 5.41) is 12.9. The minimum Gasteiger partial charge on any atom is -0.394 e. The van der Waals surface area contributed by atoms with Crippen molar-refractivity contribution in [3.63, 3.8) is 0 Å². The SMILES string of the molecule is CC(CO)(Nc1cccc(NN)n1)c1ccccc1. The van der Waals surface area contributed by atoms with Gasteiger partial charge in [-0.25, -0.2) is 10.8 Å². The van der Waals surface area contributed by atoms with E-state index in [0.717, 1.165) is 5.56 Å². The maximum absolute atomic E-state index is 9.70. The molecule has 5 heteroatoms. The van der Waals surface area contributed by atoms with Gasteiger partial charge in [-0.2, -0.15) is 0 Å². The van der Waals surface area contributed by atoms with Crippen molar-refractivity contribution in [1.29, 1.82) is 0 Å². The largest absolute Gasteiger partial charge is 0.394 e. The molecule has 2 aromatic rings. The zero-order chi connectivity index (χ0) is 13.7. The van der Waals surface area contributed by atoms with Gasteiger partial charge in [-0.1, -0.05) is 36.4 Å². The van der Waals surface area contributed by atoms with E-state index in [2.05, 4.69) is 15.7 Å². The highest BCUT2D eigenvalue weighted by Crippen LogP contribution is 2.25. The Morgan fingerprint density at radius 3 is 2.42 bits per heavy atom. The number of aliphatic hydroxyl groups is 1. The Morgan fingerprint density at radius 1 is 1.11 bits per heavy atom. The number of anilines is 2. The summed E-state index contributed by atoms with van der Waals surface area (Å²) in [5.74, 6) is 6.55. The lowest BCUT2D eigenvalue weighted by Gasteiger charge is -2.30. The van der Waals surface area contributed by atoms with Crippen LogP contribution in [-0.4, -0.2) is 16.7 Å². The predicted octanol–water partition coefficient (Wildman–Crippen LogP) is 1.69. The number of nitrogens with one attached hydrogen (secondary N) is 2. The summed E-state index contributed by atoms with van der Waals surface area (Å²) in [6.07, 6.45) is 0. The van der Waals surface area contributed by atoms with Gasteiger partial charge in [0.05, 0.1) is 12.1 Å². The van der Waals surface area contributed by atoms with Crippen LogP contribution in [0.1, 0.15) is 12.5 Å². The number of hydrogen-bond donors (Lipinski definition) is 4. The van der Waals surface area contributed by atoms with Crippen LogP contribution < -0.4 is 16.6 Å². The Kier molecular flexibility index (Phi) is 3.99. The summed E-state index contributed by atoms with van der Waals surface area (Å²) in [5.41, 5.74) is 2.89. The van der Waals surface area contributed by atoms with Gasteiger partial charge in [0, 0.05) is 0 Å². The molecule has 100 valence electrons. The van der Waals surface area contributed by atoms with E-state index in [0.29, 0.717) is 11.6 Å². The zero-order valence-electron chi connectivity index (χ0n) is 10.8. The van der Waals surface area contributed by atoms with Crippen molar-refractivity contribution in [2.45, 2.75) is 12.5 Å². The van der Waals surface area contributed by atoms with Gasteiger partial charge in [0.25, 0.3) is 0 Å². The molecule has 1 aromatic carbocycles. The topological polar surface area (TPSA) is 83.2 Å². The molecule has 1 unspecified atom stereocenters. The van der Waals surface area contributed by atoms with Crippen LogP contribution in [0.25, 0.3) is 0 Å². The summed E-state index contributed by atoms with van der Waals surface area (Å²) < 4.78 is 0. The van der Waals surface area contributed by atoms with Gasteiger partial charge in [0.2, 0.25) is 0 Å². The highest BCUT2D eigenvalue weighted by molar-refractivity contribution is 5.47. The summed E-state index contributed by atoms with van der Waals surface area (Å²) >= 11 is 0. The molecule has 5 nitrogen and oxygen atoms in total. The Balaban J connectivity index is 2.27. The van der Waals surface area contributed by atoms with E-state index >= 15 is 0 Å². The Bertz CT molecular complexity index is 532. The molecule has 0 amide bonds. The maximum atomic E-state index is 9.70. The molecule has 0 fully saturated rings. The van der Waals surface area contributed by atoms with Crippen molar-refractivity contribution in [3.8, 4) is 0 Å². The number of hydrazine groups is 1. The molecule has 5 N–H and O–H groups in total. The first kappa shape index (κ1) is 13.3. The minimum atomic E-state index is -0.596. The smallest absolute Gasteiger partial charge is 0.142 e. The van der Waals surface area contributed by atoms with E-state index < -0.39 is 5.54 Å². The second-order valence-electron chi connectivity index (χ2n) is 4.53. The molecule has 19 heavy (non-hydrogen) atoms. The maximum Gasteiger partial charge on any atom is 0.142 e. The van der Waals surface area contributed by atoms with Gasteiger partial charge < -0.3 is 15.8 Å². The summed E-state index contributed by atoms with van der Waals surface area (Å²) in [6.45, 7) is 1.88. The first-order valence-electron chi connectivity index (χ1n) is 6.06. The molecule has 0 aliphatic heterocycles. The van der Waals surface area contributed by atoms with E-state index in [9.17, 15) is 5.11 Å². The van der Waals surface area contributed by atoms with E-state index in [4.69, 9.17) is 5.84 Å². The van der Waals surface area contributed by atoms with Gasteiger partial charge in [0.1, 0.15) is 11.6 Å². The fourth-order valence-electron chi connectivity index (χ4n) is 1.88. The third-order valence-corrected chi connectivity index (χ3v) is 3.03. The molecule has 1 aromatic heterocycles. The van der Waals surface area contributed by atoms with Crippen molar-refractivity contribution in [1.82, 2.24) is 4.98 Å². The van der Waals surface area contributed by atoms with Crippen LogP contribution in [-0.2, 0) is 5.54 Å². The Labute approximate surface area is 112 Å². The number of nitrogen functional groups attached to an aromatic ring is 1. The molecule has 0 radical (unpaired) electrons. The third-order valence-electron chi connectivity index (χ3n) is 3.03. The van der Waals surface area contributed by atoms with Gasteiger partial charge in [-0.05, 0) is 24.6 Å². The average molecular weight is 258 g/mol. The Hall–Kier alpha value is -2.11. The molecular weight excluding hydrogens is 240 g/mol. The van der Waals surface area contributed by atoms with E-state index in [-0.39, 0.29) is 6.61 Å². The molecule has 0 aliphatic rings. The van der Waals surface area contributed by atoms with Crippen molar-refractivity contribution in [3.05, 3.63) is 54.1 Å². The number of aromatic nitrogens is 1. The lowest BCUT2D eigenvalue weighted by molar-refractivity contribution is 0.223. The lowest BCUT2D eigenvalue weighted by Crippen LogP contribution is -2.36. The second kappa shape index (κ2) is 5.69.